The fourth-order valence-corrected chi connectivity index (χ4v) is 10.6. The Labute approximate surface area is 409 Å². The lowest BCUT2D eigenvalue weighted by Gasteiger charge is -2.42. The van der Waals surface area contributed by atoms with Gasteiger partial charge < -0.3 is 0 Å². The molecule has 2 unspecified atom stereocenters. The van der Waals surface area contributed by atoms with E-state index in [9.17, 15) is 0 Å². The first-order valence-electron chi connectivity index (χ1n) is 23.9. The van der Waals surface area contributed by atoms with Gasteiger partial charge in [-0.1, -0.05) is 188 Å². The third-order valence-corrected chi connectivity index (χ3v) is 13.9. The summed E-state index contributed by atoms with van der Waals surface area (Å²) in [5.41, 5.74) is 17.3. The first kappa shape index (κ1) is 40.5. The van der Waals surface area contributed by atoms with Gasteiger partial charge in [-0.2, -0.15) is 0 Å². The van der Waals surface area contributed by atoms with Crippen molar-refractivity contribution in [2.24, 2.45) is 0 Å². The van der Waals surface area contributed by atoms with Crippen LogP contribution in [0.4, 0.5) is 0 Å². The summed E-state index contributed by atoms with van der Waals surface area (Å²) in [4.78, 5) is 36.0. The second-order valence-electron chi connectivity index (χ2n) is 18.1. The Hall–Kier alpha value is -9.53. The van der Waals surface area contributed by atoms with Gasteiger partial charge in [0.2, 0.25) is 0 Å². The number of fused-ring (bicyclic) bond motifs is 1. The van der Waals surface area contributed by atoms with Gasteiger partial charge in [-0.3, -0.25) is 4.57 Å². The van der Waals surface area contributed by atoms with Gasteiger partial charge in [0.1, 0.15) is 5.82 Å². The molecule has 0 N–H and O–H groups in total. The highest BCUT2D eigenvalue weighted by Gasteiger charge is 2.41. The monoisotopic (exact) mass is 908 g/mol. The van der Waals surface area contributed by atoms with Crippen molar-refractivity contribution >= 4 is 11.0 Å². The van der Waals surface area contributed by atoms with Gasteiger partial charge in [0, 0.05) is 56.5 Å². The predicted octanol–water partition coefficient (Wildman–Crippen LogP) is 14.1. The smallest absolute Gasteiger partial charge is 0.164 e. The number of benzene rings is 9. The molecule has 2 atom stereocenters. The highest BCUT2D eigenvalue weighted by molar-refractivity contribution is 5.84. The highest BCUT2D eigenvalue weighted by Crippen LogP contribution is 2.56. The summed E-state index contributed by atoms with van der Waals surface area (Å²) in [6.07, 6.45) is 0. The largest absolute Gasteiger partial charge is 0.292 e. The van der Waals surface area contributed by atoms with E-state index in [2.05, 4.69) is 144 Å². The molecule has 0 aliphatic heterocycles. The van der Waals surface area contributed by atoms with E-state index in [1.165, 1.54) is 33.4 Å². The number of nitrogens with zero attached hydrogens (tertiary/aromatic N) is 8. The maximum absolute atomic E-state index is 5.29. The molecule has 0 spiro atoms. The van der Waals surface area contributed by atoms with Crippen LogP contribution in [0.15, 0.2) is 231 Å². The molecule has 0 fully saturated rings. The molecule has 71 heavy (non-hydrogen) atoms. The van der Waals surface area contributed by atoms with Crippen LogP contribution in [-0.2, 0) is 0 Å². The van der Waals surface area contributed by atoms with E-state index >= 15 is 0 Å². The molecule has 332 valence electrons. The van der Waals surface area contributed by atoms with Crippen LogP contribution >= 0.6 is 0 Å². The fraction of sp³-hybridized carbons (Fsp3) is 0.0317. The topological polar surface area (TPSA) is 95.2 Å². The Bertz CT molecular complexity index is 3950. The van der Waals surface area contributed by atoms with Crippen molar-refractivity contribution in [2.45, 2.75) is 11.8 Å². The number of rotatable bonds is 8. The van der Waals surface area contributed by atoms with Crippen LogP contribution in [0.3, 0.4) is 0 Å². The summed E-state index contributed by atoms with van der Waals surface area (Å²) in [5.74, 6) is 4.60. The van der Waals surface area contributed by atoms with Gasteiger partial charge in [0.25, 0.3) is 0 Å². The Balaban J connectivity index is 0.883. The molecule has 2 bridgehead atoms. The zero-order chi connectivity index (χ0) is 46.8. The quantitative estimate of drug-likeness (QED) is 0.150. The first-order valence-corrected chi connectivity index (χ1v) is 23.9. The zero-order valence-electron chi connectivity index (χ0n) is 38.2. The van der Waals surface area contributed by atoms with E-state index in [4.69, 9.17) is 34.9 Å². The lowest BCUT2D eigenvalue weighted by atomic mass is 9.61. The maximum atomic E-state index is 5.29. The summed E-state index contributed by atoms with van der Waals surface area (Å²) in [5, 5.41) is 0. The van der Waals surface area contributed by atoms with E-state index in [0.29, 0.717) is 34.9 Å². The molecule has 0 saturated heterocycles. The summed E-state index contributed by atoms with van der Waals surface area (Å²) < 4.78 is 2.22. The second-order valence-corrected chi connectivity index (χ2v) is 18.1. The molecule has 0 amide bonds. The summed E-state index contributed by atoms with van der Waals surface area (Å²) in [6, 6.07) is 79.9. The van der Waals surface area contributed by atoms with E-state index in [-0.39, 0.29) is 11.8 Å². The minimum atomic E-state index is 0.00349. The number of imidazole rings is 1. The molecular weight excluding hydrogens is 869 g/mol. The molecule has 8 heteroatoms. The highest BCUT2D eigenvalue weighted by atomic mass is 15.1. The van der Waals surface area contributed by atoms with Crippen LogP contribution < -0.4 is 0 Å². The molecule has 3 heterocycles. The average Bonchev–Trinajstić information content (AvgIpc) is 3.85. The van der Waals surface area contributed by atoms with Crippen LogP contribution in [0.25, 0.3) is 96.4 Å². The molecule has 3 aliphatic rings. The van der Waals surface area contributed by atoms with Gasteiger partial charge in [-0.15, -0.1) is 0 Å². The molecule has 9 aromatic carbocycles. The summed E-state index contributed by atoms with van der Waals surface area (Å²) in [7, 11) is 0. The van der Waals surface area contributed by atoms with Crippen LogP contribution in [0.1, 0.15) is 45.2 Å². The van der Waals surface area contributed by atoms with Gasteiger partial charge in [-0.25, -0.2) is 34.9 Å². The van der Waals surface area contributed by atoms with E-state index in [1.54, 1.807) is 0 Å². The maximum Gasteiger partial charge on any atom is 0.164 e. The normalized spacial score (nSPS) is 14.2. The first-order chi connectivity index (χ1) is 35.2. The van der Waals surface area contributed by atoms with Gasteiger partial charge in [0.05, 0.1) is 11.0 Å². The van der Waals surface area contributed by atoms with Crippen molar-refractivity contribution in [1.29, 1.82) is 0 Å². The van der Waals surface area contributed by atoms with Crippen LogP contribution in [-0.4, -0.2) is 39.5 Å². The molecule has 0 radical (unpaired) electrons. The number of para-hydroxylation sites is 3. The van der Waals surface area contributed by atoms with Crippen molar-refractivity contribution in [2.75, 3.05) is 0 Å². The molecule has 15 rings (SSSR count). The number of aromatic nitrogens is 8. The molecule has 8 nitrogen and oxygen atoms in total. The van der Waals surface area contributed by atoms with Crippen LogP contribution in [0.2, 0.25) is 0 Å². The van der Waals surface area contributed by atoms with Crippen LogP contribution in [0.5, 0.6) is 0 Å². The van der Waals surface area contributed by atoms with E-state index in [1.807, 2.05) is 91.0 Å². The molecule has 3 aromatic heterocycles. The second kappa shape index (κ2) is 16.6. The van der Waals surface area contributed by atoms with Crippen molar-refractivity contribution in [3.8, 4) is 85.4 Å². The molecule has 12 aromatic rings. The Kier molecular flexibility index (Phi) is 9.48. The minimum Gasteiger partial charge on any atom is -0.292 e. The number of hydrogen-bond acceptors (Lipinski definition) is 7. The van der Waals surface area contributed by atoms with Gasteiger partial charge in [0.15, 0.2) is 34.9 Å². The van der Waals surface area contributed by atoms with Crippen molar-refractivity contribution < 1.29 is 0 Å². The summed E-state index contributed by atoms with van der Waals surface area (Å²) in [6.45, 7) is 0. The SMILES string of the molecule is c1ccc(-c2nc(-c3ccccc3)nc(-c3ccc4c(c3)C3c5ccccc5C4c4cc(-c5nc(-c6ccccc6)nc(-c6cccc(-c7nc8ccccc8n7-c7ccccc7)c6)n5)ccc43)n2)cc1. The van der Waals surface area contributed by atoms with E-state index in [0.717, 1.165) is 61.5 Å². The van der Waals surface area contributed by atoms with Crippen molar-refractivity contribution in [1.82, 2.24) is 39.5 Å². The lowest BCUT2D eigenvalue weighted by Crippen LogP contribution is -2.27. The Morgan fingerprint density at radius 1 is 0.254 bits per heavy atom. The minimum absolute atomic E-state index is 0.00349. The standard InChI is InChI=1S/C63H40N8/c1-5-18-39(19-6-1)57-65-58(40-20-7-2-8-21-40)68-61(67-57)43-32-34-49-51(37-43)55-47-28-13-14-29-48(47)56(49)52-38-44(33-35-50(52)55)62-69-59(41-22-9-3-10-23-41)66-60(70-62)42-24-17-25-45(36-42)63-64-53-30-15-16-31-54(53)71(63)46-26-11-4-12-27-46/h1-38,55-56H. The van der Waals surface area contributed by atoms with Crippen molar-refractivity contribution in [3.63, 3.8) is 0 Å². The molecule has 0 saturated carbocycles. The average molecular weight is 909 g/mol. The Morgan fingerprint density at radius 2 is 0.620 bits per heavy atom. The van der Waals surface area contributed by atoms with Gasteiger partial charge in [-0.05, 0) is 75.8 Å². The van der Waals surface area contributed by atoms with Crippen molar-refractivity contribution in [3.05, 3.63) is 264 Å². The number of hydrogen-bond donors (Lipinski definition) is 0. The summed E-state index contributed by atoms with van der Waals surface area (Å²) >= 11 is 0. The van der Waals surface area contributed by atoms with Crippen LogP contribution in [0, 0.1) is 0 Å². The van der Waals surface area contributed by atoms with Gasteiger partial charge >= 0.3 is 0 Å². The third kappa shape index (κ3) is 6.95. The molecule has 3 aliphatic carbocycles. The fourth-order valence-electron chi connectivity index (χ4n) is 10.6. The Morgan fingerprint density at radius 3 is 1.11 bits per heavy atom. The van der Waals surface area contributed by atoms with E-state index < -0.39 is 0 Å². The lowest BCUT2D eigenvalue weighted by molar-refractivity contribution is 0.754. The molecular formula is C63H40N8. The third-order valence-electron chi connectivity index (χ3n) is 13.9. The zero-order valence-corrected chi connectivity index (χ0v) is 38.2. The predicted molar refractivity (Wildman–Crippen MR) is 281 cm³/mol.